The monoisotopic (exact) mass is 444 g/mol. The van der Waals surface area contributed by atoms with E-state index < -0.39 is 0 Å². The first-order chi connectivity index (χ1) is 15.8. The topological polar surface area (TPSA) is 78.3 Å². The molecular formula is C26H32N6O. The molecule has 0 bridgehead atoms. The fourth-order valence-corrected chi connectivity index (χ4v) is 3.80. The third kappa shape index (κ3) is 5.68. The first-order valence-electron chi connectivity index (χ1n) is 11.4. The zero-order chi connectivity index (χ0) is 23.4. The molecule has 2 heterocycles. The molecule has 0 atom stereocenters. The predicted octanol–water partition coefficient (Wildman–Crippen LogP) is 4.32. The molecule has 0 aliphatic carbocycles. The number of rotatable bonds is 8. The third-order valence-electron chi connectivity index (χ3n) is 5.66. The van der Waals surface area contributed by atoms with Gasteiger partial charge in [-0.2, -0.15) is 4.98 Å². The summed E-state index contributed by atoms with van der Waals surface area (Å²) in [7, 11) is 2.12. The second-order valence-electron chi connectivity index (χ2n) is 9.52. The summed E-state index contributed by atoms with van der Waals surface area (Å²) < 4.78 is 1.61. The number of hydrogen-bond acceptors (Lipinski definition) is 5. The van der Waals surface area contributed by atoms with Crippen LogP contribution in [-0.2, 0) is 12.0 Å². The number of aromatic nitrogens is 4. The molecule has 0 aliphatic heterocycles. The Kier molecular flexibility index (Phi) is 6.60. The lowest BCUT2D eigenvalue weighted by molar-refractivity contribution is 0.325. The Bertz CT molecular complexity index is 1250. The van der Waals surface area contributed by atoms with Crippen LogP contribution in [0, 0.1) is 0 Å². The number of anilines is 1. The van der Waals surface area contributed by atoms with Crippen LogP contribution in [0.1, 0.15) is 38.3 Å². The molecule has 0 amide bonds. The van der Waals surface area contributed by atoms with Crippen molar-refractivity contribution in [3.05, 3.63) is 82.1 Å². The molecule has 33 heavy (non-hydrogen) atoms. The molecular weight excluding hydrogens is 412 g/mol. The van der Waals surface area contributed by atoms with E-state index in [-0.39, 0.29) is 11.0 Å². The first kappa shape index (κ1) is 22.7. The summed E-state index contributed by atoms with van der Waals surface area (Å²) in [6.07, 6.45) is 0.940. The molecule has 7 heteroatoms. The van der Waals surface area contributed by atoms with Gasteiger partial charge >= 0.3 is 0 Å². The summed E-state index contributed by atoms with van der Waals surface area (Å²) in [5.74, 6) is 1.18. The van der Waals surface area contributed by atoms with Gasteiger partial charge in [0.25, 0.3) is 5.56 Å². The summed E-state index contributed by atoms with van der Waals surface area (Å²) in [5, 5.41) is 6.16. The van der Waals surface area contributed by atoms with Gasteiger partial charge in [0.15, 0.2) is 11.5 Å². The molecule has 0 radical (unpaired) electrons. The highest BCUT2D eigenvalue weighted by Gasteiger charge is 2.15. The maximum atomic E-state index is 12.0. The maximum absolute atomic E-state index is 12.0. The van der Waals surface area contributed by atoms with Gasteiger partial charge in [-0.05, 0) is 36.6 Å². The van der Waals surface area contributed by atoms with Crippen molar-refractivity contribution in [2.24, 2.45) is 0 Å². The molecule has 0 aliphatic rings. The van der Waals surface area contributed by atoms with Crippen molar-refractivity contribution >= 4 is 11.6 Å². The van der Waals surface area contributed by atoms with Gasteiger partial charge in [-0.25, -0.2) is 9.50 Å². The van der Waals surface area contributed by atoms with Gasteiger partial charge in [0.2, 0.25) is 5.95 Å². The average Bonchev–Trinajstić information content (AvgIpc) is 3.17. The van der Waals surface area contributed by atoms with Crippen molar-refractivity contribution in [1.82, 2.24) is 24.5 Å². The first-order valence-corrected chi connectivity index (χ1v) is 11.4. The number of aromatic amines is 1. The Labute approximate surface area is 194 Å². The second kappa shape index (κ2) is 9.58. The second-order valence-corrected chi connectivity index (χ2v) is 9.52. The van der Waals surface area contributed by atoms with E-state index in [4.69, 9.17) is 4.98 Å². The SMILES string of the molecule is CN(CCCNc1nc(-c2ccc(C(C)(C)C)cc2)nc2cc(=O)[nH]n12)Cc1ccccc1. The van der Waals surface area contributed by atoms with Gasteiger partial charge in [0, 0.05) is 24.7 Å². The average molecular weight is 445 g/mol. The molecule has 4 rings (SSSR count). The van der Waals surface area contributed by atoms with E-state index in [1.165, 1.54) is 17.2 Å². The van der Waals surface area contributed by atoms with Crippen LogP contribution in [0.4, 0.5) is 5.95 Å². The standard InChI is InChI=1S/C26H32N6O/c1-26(2,3)21-13-11-20(12-14-21)24-28-22-17-23(33)30-32(22)25(29-24)27-15-8-16-31(4)18-19-9-6-5-7-10-19/h5-7,9-14,17H,8,15-16,18H2,1-4H3,(H,30,33)(H,27,28,29). The summed E-state index contributed by atoms with van der Waals surface area (Å²) in [6.45, 7) is 9.16. The molecule has 0 unspecified atom stereocenters. The van der Waals surface area contributed by atoms with Crippen molar-refractivity contribution in [1.29, 1.82) is 0 Å². The summed E-state index contributed by atoms with van der Waals surface area (Å²) in [6, 6.07) is 20.3. The Morgan fingerprint density at radius 2 is 1.76 bits per heavy atom. The number of nitrogens with one attached hydrogen (secondary N) is 2. The lowest BCUT2D eigenvalue weighted by atomic mass is 9.87. The fourth-order valence-electron chi connectivity index (χ4n) is 3.80. The highest BCUT2D eigenvalue weighted by atomic mass is 16.1. The van der Waals surface area contributed by atoms with Gasteiger partial charge in [0.1, 0.15) is 0 Å². The molecule has 7 nitrogen and oxygen atoms in total. The molecule has 0 spiro atoms. The van der Waals surface area contributed by atoms with Crippen molar-refractivity contribution in [3.63, 3.8) is 0 Å². The van der Waals surface area contributed by atoms with E-state index in [9.17, 15) is 4.79 Å². The highest BCUT2D eigenvalue weighted by molar-refractivity contribution is 5.60. The van der Waals surface area contributed by atoms with Gasteiger partial charge in [-0.1, -0.05) is 75.4 Å². The van der Waals surface area contributed by atoms with E-state index in [0.717, 1.165) is 31.6 Å². The van der Waals surface area contributed by atoms with Crippen LogP contribution in [0.3, 0.4) is 0 Å². The quantitative estimate of drug-likeness (QED) is 0.396. The van der Waals surface area contributed by atoms with Gasteiger partial charge in [-0.15, -0.1) is 0 Å². The van der Waals surface area contributed by atoms with Crippen LogP contribution in [0.15, 0.2) is 65.5 Å². The summed E-state index contributed by atoms with van der Waals surface area (Å²) in [5.41, 5.74) is 3.91. The molecule has 2 aromatic heterocycles. The van der Waals surface area contributed by atoms with Crippen LogP contribution >= 0.6 is 0 Å². The molecule has 2 N–H and O–H groups in total. The van der Waals surface area contributed by atoms with Crippen LogP contribution in [-0.4, -0.2) is 44.6 Å². The fraction of sp³-hybridized carbons (Fsp3) is 0.346. The third-order valence-corrected chi connectivity index (χ3v) is 5.66. The Hall–Kier alpha value is -3.45. The Balaban J connectivity index is 1.46. The van der Waals surface area contributed by atoms with Crippen LogP contribution in [0.2, 0.25) is 0 Å². The highest BCUT2D eigenvalue weighted by Crippen LogP contribution is 2.25. The molecule has 2 aromatic carbocycles. The number of fused-ring (bicyclic) bond motifs is 1. The van der Waals surface area contributed by atoms with Crippen LogP contribution in [0.5, 0.6) is 0 Å². The lowest BCUT2D eigenvalue weighted by Crippen LogP contribution is -2.22. The number of benzene rings is 2. The van der Waals surface area contributed by atoms with Gasteiger partial charge < -0.3 is 10.2 Å². The number of H-pyrrole nitrogens is 1. The minimum atomic E-state index is -0.199. The van der Waals surface area contributed by atoms with Crippen molar-refractivity contribution in [3.8, 4) is 11.4 Å². The van der Waals surface area contributed by atoms with Crippen molar-refractivity contribution in [2.75, 3.05) is 25.5 Å². The van der Waals surface area contributed by atoms with E-state index >= 15 is 0 Å². The summed E-state index contributed by atoms with van der Waals surface area (Å²) >= 11 is 0. The normalized spacial score (nSPS) is 11.9. The van der Waals surface area contributed by atoms with E-state index in [1.54, 1.807) is 4.52 Å². The number of nitrogens with zero attached hydrogens (tertiary/aromatic N) is 4. The van der Waals surface area contributed by atoms with Crippen molar-refractivity contribution < 1.29 is 0 Å². The zero-order valence-electron chi connectivity index (χ0n) is 19.8. The minimum Gasteiger partial charge on any atom is -0.354 e. The molecule has 4 aromatic rings. The van der Waals surface area contributed by atoms with Crippen LogP contribution in [0.25, 0.3) is 17.0 Å². The van der Waals surface area contributed by atoms with Crippen LogP contribution < -0.4 is 10.9 Å². The lowest BCUT2D eigenvalue weighted by Gasteiger charge is -2.19. The number of hydrogen-bond donors (Lipinski definition) is 2. The van der Waals surface area contributed by atoms with E-state index in [1.807, 2.05) is 18.2 Å². The predicted molar refractivity (Wildman–Crippen MR) is 134 cm³/mol. The zero-order valence-corrected chi connectivity index (χ0v) is 19.8. The summed E-state index contributed by atoms with van der Waals surface area (Å²) in [4.78, 5) is 23.6. The van der Waals surface area contributed by atoms with Gasteiger partial charge in [0.05, 0.1) is 0 Å². The Morgan fingerprint density at radius 3 is 2.45 bits per heavy atom. The van der Waals surface area contributed by atoms with Gasteiger partial charge in [-0.3, -0.25) is 9.89 Å². The molecule has 0 saturated heterocycles. The van der Waals surface area contributed by atoms with Crippen molar-refractivity contribution in [2.45, 2.75) is 39.2 Å². The molecule has 0 saturated carbocycles. The Morgan fingerprint density at radius 1 is 1.03 bits per heavy atom. The van der Waals surface area contributed by atoms with E-state index in [0.29, 0.717) is 17.4 Å². The van der Waals surface area contributed by atoms with E-state index in [2.05, 4.69) is 84.5 Å². The molecule has 0 fully saturated rings. The largest absolute Gasteiger partial charge is 0.354 e. The minimum absolute atomic E-state index is 0.0810. The maximum Gasteiger partial charge on any atom is 0.266 e. The molecule has 172 valence electrons. The smallest absolute Gasteiger partial charge is 0.266 e.